The van der Waals surface area contributed by atoms with Crippen LogP contribution in [0.1, 0.15) is 18.1 Å². The van der Waals surface area contributed by atoms with Gasteiger partial charge >= 0.3 is 11.9 Å². The molecule has 2 aromatic rings. The summed E-state index contributed by atoms with van der Waals surface area (Å²) in [7, 11) is 1.58. The van der Waals surface area contributed by atoms with Crippen molar-refractivity contribution in [2.45, 2.75) is 6.92 Å². The molecule has 0 heterocycles. The average Bonchev–Trinajstić information content (AvgIpc) is 2.63. The minimum absolute atomic E-state index is 0.125. The lowest BCUT2D eigenvalue weighted by Gasteiger charge is -2.08. The van der Waals surface area contributed by atoms with Gasteiger partial charge in [-0.3, -0.25) is 4.79 Å². The normalized spacial score (nSPS) is 10.8. The fourth-order valence-electron chi connectivity index (χ4n) is 1.99. The van der Waals surface area contributed by atoms with E-state index in [1.165, 1.54) is 0 Å². The summed E-state index contributed by atoms with van der Waals surface area (Å²) < 4.78 is 9.78. The molecule has 0 unspecified atom stereocenters. The van der Waals surface area contributed by atoms with E-state index in [0.717, 1.165) is 11.1 Å². The zero-order valence-electron chi connectivity index (χ0n) is 13.5. The second-order valence-corrected chi connectivity index (χ2v) is 4.72. The highest BCUT2D eigenvalue weighted by molar-refractivity contribution is 6.32. The summed E-state index contributed by atoms with van der Waals surface area (Å²) in [5.74, 6) is -1.18. The van der Waals surface area contributed by atoms with Gasteiger partial charge in [-0.05, 0) is 31.2 Å². The number of hydrazone groups is 1. The van der Waals surface area contributed by atoms with Crippen molar-refractivity contribution in [2.24, 2.45) is 5.10 Å². The first kappa shape index (κ1) is 17.2. The quantitative estimate of drug-likeness (QED) is 0.395. The Labute approximate surface area is 140 Å². The van der Waals surface area contributed by atoms with Crippen molar-refractivity contribution < 1.29 is 19.1 Å². The summed E-state index contributed by atoms with van der Waals surface area (Å²) in [6, 6.07) is 16.6. The van der Waals surface area contributed by atoms with Crippen LogP contribution in [-0.2, 0) is 14.3 Å². The van der Waals surface area contributed by atoms with Crippen LogP contribution in [0.2, 0.25) is 0 Å². The van der Waals surface area contributed by atoms with Crippen molar-refractivity contribution in [1.82, 2.24) is 5.43 Å². The zero-order valence-corrected chi connectivity index (χ0v) is 13.5. The van der Waals surface area contributed by atoms with Crippen molar-refractivity contribution in [3.8, 4) is 5.75 Å². The van der Waals surface area contributed by atoms with Crippen molar-refractivity contribution >= 4 is 17.6 Å². The maximum absolute atomic E-state index is 11.7. The fourth-order valence-corrected chi connectivity index (χ4v) is 1.99. The molecule has 0 bridgehead atoms. The van der Waals surface area contributed by atoms with E-state index in [2.05, 4.69) is 15.3 Å². The van der Waals surface area contributed by atoms with Gasteiger partial charge in [-0.1, -0.05) is 30.3 Å². The monoisotopic (exact) mass is 326 g/mol. The number of nitrogens with zero attached hydrogens (tertiary/aromatic N) is 1. The first-order valence-corrected chi connectivity index (χ1v) is 7.40. The van der Waals surface area contributed by atoms with E-state index < -0.39 is 11.9 Å². The van der Waals surface area contributed by atoms with Gasteiger partial charge in [0.25, 0.3) is 0 Å². The van der Waals surface area contributed by atoms with Crippen LogP contribution in [-0.4, -0.2) is 31.3 Å². The Morgan fingerprint density at radius 3 is 2.21 bits per heavy atom. The van der Waals surface area contributed by atoms with E-state index in [4.69, 9.17) is 4.74 Å². The number of carbonyl (C=O) groups excluding carboxylic acids is 2. The van der Waals surface area contributed by atoms with Crippen molar-refractivity contribution in [1.29, 1.82) is 0 Å². The summed E-state index contributed by atoms with van der Waals surface area (Å²) >= 11 is 0. The van der Waals surface area contributed by atoms with Crippen LogP contribution in [0.15, 0.2) is 59.7 Å². The first-order chi connectivity index (χ1) is 11.7. The molecule has 6 heteroatoms. The Kier molecular flexibility index (Phi) is 6.08. The van der Waals surface area contributed by atoms with Crippen LogP contribution < -0.4 is 10.2 Å². The Morgan fingerprint density at radius 2 is 1.62 bits per heavy atom. The van der Waals surface area contributed by atoms with Crippen molar-refractivity contribution in [3.05, 3.63) is 65.7 Å². The predicted molar refractivity (Wildman–Crippen MR) is 89.9 cm³/mol. The van der Waals surface area contributed by atoms with Gasteiger partial charge in [-0.15, -0.1) is 0 Å². The molecule has 24 heavy (non-hydrogen) atoms. The second-order valence-electron chi connectivity index (χ2n) is 4.72. The molecule has 1 amide bonds. The molecule has 0 aliphatic rings. The number of carbonyl (C=O) groups is 2. The van der Waals surface area contributed by atoms with Crippen LogP contribution >= 0.6 is 0 Å². The number of hydrogen-bond donors (Lipinski definition) is 1. The SMILES string of the molecule is CCOC(=O)C(=O)NN=C(c1ccccc1)c1ccc(OC)cc1. The van der Waals surface area contributed by atoms with Crippen molar-refractivity contribution in [3.63, 3.8) is 0 Å². The van der Waals surface area contributed by atoms with E-state index in [0.29, 0.717) is 11.5 Å². The third-order valence-corrected chi connectivity index (χ3v) is 3.14. The average molecular weight is 326 g/mol. The van der Waals surface area contributed by atoms with Gasteiger partial charge in [-0.2, -0.15) is 5.10 Å². The molecule has 2 aromatic carbocycles. The van der Waals surface area contributed by atoms with Crippen molar-refractivity contribution in [2.75, 3.05) is 13.7 Å². The minimum Gasteiger partial charge on any atom is -0.497 e. The highest BCUT2D eigenvalue weighted by Crippen LogP contribution is 2.15. The third-order valence-electron chi connectivity index (χ3n) is 3.14. The summed E-state index contributed by atoms with van der Waals surface area (Å²) in [4.78, 5) is 23.1. The minimum atomic E-state index is -0.969. The maximum atomic E-state index is 11.7. The number of ether oxygens (including phenoxy) is 2. The summed E-state index contributed by atoms with van der Waals surface area (Å²) in [6.07, 6.45) is 0. The summed E-state index contributed by atoms with van der Waals surface area (Å²) in [5, 5.41) is 4.10. The van der Waals surface area contributed by atoms with Gasteiger partial charge in [0.1, 0.15) is 5.75 Å². The van der Waals surface area contributed by atoms with E-state index in [-0.39, 0.29) is 6.61 Å². The molecule has 0 spiro atoms. The molecule has 1 N–H and O–H groups in total. The Morgan fingerprint density at radius 1 is 1.00 bits per heavy atom. The third kappa shape index (κ3) is 4.42. The number of rotatable bonds is 5. The Balaban J connectivity index is 2.31. The number of hydrogen-bond acceptors (Lipinski definition) is 5. The molecule has 0 saturated carbocycles. The number of amides is 1. The fraction of sp³-hybridized carbons (Fsp3) is 0.167. The molecule has 124 valence electrons. The largest absolute Gasteiger partial charge is 0.497 e. The predicted octanol–water partition coefficient (Wildman–Crippen LogP) is 2.13. The Bertz CT molecular complexity index is 724. The molecule has 0 aliphatic heterocycles. The number of benzene rings is 2. The first-order valence-electron chi connectivity index (χ1n) is 7.40. The molecule has 6 nitrogen and oxygen atoms in total. The van der Waals surface area contributed by atoms with E-state index in [1.807, 2.05) is 42.5 Å². The molecular weight excluding hydrogens is 308 g/mol. The molecular formula is C18H18N2O4. The molecule has 0 aromatic heterocycles. The van der Waals surface area contributed by atoms with Gasteiger partial charge in [0.2, 0.25) is 0 Å². The van der Waals surface area contributed by atoms with Gasteiger partial charge in [-0.25, -0.2) is 10.2 Å². The molecule has 2 rings (SSSR count). The molecule has 0 aliphatic carbocycles. The standard InChI is InChI=1S/C18H18N2O4/c1-3-24-18(22)17(21)20-19-16(13-7-5-4-6-8-13)14-9-11-15(23-2)12-10-14/h4-12H,3H2,1-2H3,(H,20,21). The highest BCUT2D eigenvalue weighted by atomic mass is 16.5. The summed E-state index contributed by atoms with van der Waals surface area (Å²) in [6.45, 7) is 1.75. The molecule has 0 atom stereocenters. The zero-order chi connectivity index (χ0) is 17.4. The van der Waals surface area contributed by atoms with Crippen LogP contribution in [0.3, 0.4) is 0 Å². The topological polar surface area (TPSA) is 77.0 Å². The van der Waals surface area contributed by atoms with Crippen LogP contribution in [0.25, 0.3) is 0 Å². The molecule has 0 saturated heterocycles. The van der Waals surface area contributed by atoms with Gasteiger partial charge < -0.3 is 9.47 Å². The van der Waals surface area contributed by atoms with Gasteiger partial charge in [0.05, 0.1) is 19.4 Å². The van der Waals surface area contributed by atoms with Crippen LogP contribution in [0.5, 0.6) is 5.75 Å². The van der Waals surface area contributed by atoms with Gasteiger partial charge in [0.15, 0.2) is 0 Å². The maximum Gasteiger partial charge on any atom is 0.398 e. The van der Waals surface area contributed by atoms with Crippen LogP contribution in [0.4, 0.5) is 0 Å². The molecule has 0 fully saturated rings. The smallest absolute Gasteiger partial charge is 0.398 e. The van der Waals surface area contributed by atoms with E-state index >= 15 is 0 Å². The molecule has 0 radical (unpaired) electrons. The number of esters is 1. The van der Waals surface area contributed by atoms with Crippen LogP contribution in [0, 0.1) is 0 Å². The lowest BCUT2D eigenvalue weighted by molar-refractivity contribution is -0.154. The Hall–Kier alpha value is -3.15. The number of methoxy groups -OCH3 is 1. The number of nitrogens with one attached hydrogen (secondary N) is 1. The second kappa shape index (κ2) is 8.47. The van der Waals surface area contributed by atoms with Gasteiger partial charge in [0, 0.05) is 11.1 Å². The van der Waals surface area contributed by atoms with E-state index in [1.54, 1.807) is 26.2 Å². The summed E-state index contributed by atoms with van der Waals surface area (Å²) in [5.41, 5.74) is 4.33. The lowest BCUT2D eigenvalue weighted by Crippen LogP contribution is -2.30. The highest BCUT2D eigenvalue weighted by Gasteiger charge is 2.15. The lowest BCUT2D eigenvalue weighted by atomic mass is 10.0. The van der Waals surface area contributed by atoms with E-state index in [9.17, 15) is 9.59 Å².